The van der Waals surface area contributed by atoms with Crippen LogP contribution in [0.5, 0.6) is 0 Å². The standard InChI is InChI=1S/C27H33N5O.C2H6/c1-16-14-17(2)32(19(16)4)26-15-25(30-20(5)31-26)18(3)29-27(33)23-8-6-21(7-9-23)22-10-12-24(28)13-11-22;1-2/h6-13,15-19H,14,28H2,1-5H3,(H,29,33);1-2H3. The minimum absolute atomic E-state index is 0.124. The third-order valence-corrected chi connectivity index (χ3v) is 6.74. The van der Waals surface area contributed by atoms with Crippen LogP contribution in [0.15, 0.2) is 54.6 Å². The average Bonchev–Trinajstić information content (AvgIpc) is 3.11. The quantitative estimate of drug-likeness (QED) is 0.433. The van der Waals surface area contributed by atoms with Gasteiger partial charge >= 0.3 is 0 Å². The van der Waals surface area contributed by atoms with E-state index >= 15 is 0 Å². The van der Waals surface area contributed by atoms with Crippen LogP contribution in [0.2, 0.25) is 0 Å². The van der Waals surface area contributed by atoms with Gasteiger partial charge in [0.1, 0.15) is 11.6 Å². The van der Waals surface area contributed by atoms with Crippen molar-refractivity contribution < 1.29 is 4.79 Å². The molecule has 3 aromatic rings. The second-order valence-corrected chi connectivity index (χ2v) is 9.30. The minimum atomic E-state index is -0.236. The lowest BCUT2D eigenvalue weighted by molar-refractivity contribution is 0.0939. The summed E-state index contributed by atoms with van der Waals surface area (Å²) in [6.07, 6.45) is 1.15. The molecule has 1 aromatic heterocycles. The van der Waals surface area contributed by atoms with Crippen LogP contribution in [-0.4, -0.2) is 28.0 Å². The molecule has 0 radical (unpaired) electrons. The molecular weight excluding hydrogens is 434 g/mol. The van der Waals surface area contributed by atoms with E-state index in [-0.39, 0.29) is 11.9 Å². The van der Waals surface area contributed by atoms with Gasteiger partial charge in [-0.05, 0) is 75.4 Å². The first kappa shape index (κ1) is 26.2. The number of benzene rings is 2. The van der Waals surface area contributed by atoms with Crippen LogP contribution in [0, 0.1) is 12.8 Å². The molecule has 1 amide bonds. The number of anilines is 2. The molecule has 4 unspecified atom stereocenters. The maximum Gasteiger partial charge on any atom is 0.251 e. The molecule has 1 saturated heterocycles. The van der Waals surface area contributed by atoms with Crippen LogP contribution < -0.4 is 16.0 Å². The Hall–Kier alpha value is -3.41. The first-order valence-electron chi connectivity index (χ1n) is 12.6. The van der Waals surface area contributed by atoms with Gasteiger partial charge in [0.25, 0.3) is 5.91 Å². The molecule has 0 bridgehead atoms. The van der Waals surface area contributed by atoms with Crippen molar-refractivity contribution in [1.82, 2.24) is 15.3 Å². The van der Waals surface area contributed by atoms with Gasteiger partial charge < -0.3 is 16.0 Å². The lowest BCUT2D eigenvalue weighted by atomic mass is 10.0. The zero-order valence-electron chi connectivity index (χ0n) is 22.0. The van der Waals surface area contributed by atoms with Crippen LogP contribution in [0.1, 0.15) is 75.9 Å². The number of nitrogens with zero attached hydrogens (tertiary/aromatic N) is 3. The summed E-state index contributed by atoms with van der Waals surface area (Å²) in [5, 5.41) is 3.09. The minimum Gasteiger partial charge on any atom is -0.399 e. The molecule has 4 rings (SSSR count). The highest BCUT2D eigenvalue weighted by atomic mass is 16.1. The summed E-state index contributed by atoms with van der Waals surface area (Å²) in [5.41, 5.74) is 10.0. The van der Waals surface area contributed by atoms with Gasteiger partial charge in [0.2, 0.25) is 0 Å². The van der Waals surface area contributed by atoms with Crippen LogP contribution in [0.25, 0.3) is 11.1 Å². The average molecular weight is 474 g/mol. The first-order valence-corrected chi connectivity index (χ1v) is 12.6. The van der Waals surface area contributed by atoms with E-state index in [0.29, 0.717) is 23.6 Å². The van der Waals surface area contributed by atoms with E-state index in [4.69, 9.17) is 10.7 Å². The maximum absolute atomic E-state index is 12.9. The summed E-state index contributed by atoms with van der Waals surface area (Å²) in [5.74, 6) is 2.15. The maximum atomic E-state index is 12.9. The van der Waals surface area contributed by atoms with E-state index in [1.54, 1.807) is 0 Å². The van der Waals surface area contributed by atoms with Gasteiger partial charge in [0.15, 0.2) is 0 Å². The molecule has 1 aliphatic heterocycles. The molecule has 35 heavy (non-hydrogen) atoms. The molecule has 0 spiro atoms. The lowest BCUT2D eigenvalue weighted by Gasteiger charge is -2.29. The number of aromatic nitrogens is 2. The summed E-state index contributed by atoms with van der Waals surface area (Å²) < 4.78 is 0. The van der Waals surface area contributed by atoms with Gasteiger partial charge in [-0.1, -0.05) is 45.0 Å². The van der Waals surface area contributed by atoms with Crippen molar-refractivity contribution in [2.75, 3.05) is 10.6 Å². The van der Waals surface area contributed by atoms with Crippen LogP contribution >= 0.6 is 0 Å². The van der Waals surface area contributed by atoms with Crippen molar-refractivity contribution in [3.63, 3.8) is 0 Å². The Balaban J connectivity index is 0.00000167. The van der Waals surface area contributed by atoms with Gasteiger partial charge in [-0.25, -0.2) is 9.97 Å². The molecule has 4 atom stereocenters. The predicted octanol–water partition coefficient (Wildman–Crippen LogP) is 6.17. The number of nitrogens with two attached hydrogens (primary N) is 1. The van der Waals surface area contributed by atoms with Crippen molar-refractivity contribution in [3.8, 4) is 11.1 Å². The number of carbonyl (C=O) groups is 1. The number of nitrogen functional groups attached to an aromatic ring is 1. The summed E-state index contributed by atoms with van der Waals surface area (Å²) in [7, 11) is 0. The fourth-order valence-corrected chi connectivity index (χ4v) is 4.73. The Morgan fingerprint density at radius 3 is 2.11 bits per heavy atom. The summed E-state index contributed by atoms with van der Waals surface area (Å²) >= 11 is 0. The van der Waals surface area contributed by atoms with Gasteiger partial charge in [0, 0.05) is 29.4 Å². The monoisotopic (exact) mass is 473 g/mol. The van der Waals surface area contributed by atoms with Crippen molar-refractivity contribution in [1.29, 1.82) is 0 Å². The summed E-state index contributed by atoms with van der Waals surface area (Å²) in [4.78, 5) is 24.6. The molecule has 2 aromatic carbocycles. The van der Waals surface area contributed by atoms with Crippen molar-refractivity contribution in [2.24, 2.45) is 5.92 Å². The number of nitrogens with one attached hydrogen (secondary N) is 1. The zero-order valence-corrected chi connectivity index (χ0v) is 22.0. The normalized spacial score (nSPS) is 20.1. The number of amides is 1. The molecule has 1 fully saturated rings. The van der Waals surface area contributed by atoms with Gasteiger partial charge in [-0.2, -0.15) is 0 Å². The second-order valence-electron chi connectivity index (χ2n) is 9.30. The fourth-order valence-electron chi connectivity index (χ4n) is 4.73. The zero-order chi connectivity index (χ0) is 25.7. The number of hydrogen-bond donors (Lipinski definition) is 2. The van der Waals surface area contributed by atoms with Gasteiger partial charge in [0.05, 0.1) is 11.7 Å². The van der Waals surface area contributed by atoms with Crippen LogP contribution in [0.4, 0.5) is 11.5 Å². The van der Waals surface area contributed by atoms with Crippen molar-refractivity contribution >= 4 is 17.4 Å². The molecule has 6 nitrogen and oxygen atoms in total. The van der Waals surface area contributed by atoms with E-state index in [2.05, 4.69) is 36.0 Å². The van der Waals surface area contributed by atoms with E-state index < -0.39 is 0 Å². The molecule has 3 N–H and O–H groups in total. The molecule has 6 heteroatoms. The molecule has 0 saturated carbocycles. The molecular formula is C29H39N5O. The fraction of sp³-hybridized carbons (Fsp3) is 0.414. The lowest BCUT2D eigenvalue weighted by Crippen LogP contribution is -2.35. The Morgan fingerprint density at radius 2 is 1.57 bits per heavy atom. The Bertz CT molecular complexity index is 1130. The highest BCUT2D eigenvalue weighted by molar-refractivity contribution is 5.95. The summed E-state index contributed by atoms with van der Waals surface area (Å²) in [6, 6.07) is 17.9. The molecule has 0 aliphatic carbocycles. The predicted molar refractivity (Wildman–Crippen MR) is 145 cm³/mol. The van der Waals surface area contributed by atoms with Crippen LogP contribution in [0.3, 0.4) is 0 Å². The highest BCUT2D eigenvalue weighted by Gasteiger charge is 2.34. The Labute approximate surface area is 210 Å². The van der Waals surface area contributed by atoms with E-state index in [1.165, 1.54) is 0 Å². The van der Waals surface area contributed by atoms with Gasteiger partial charge in [-0.15, -0.1) is 0 Å². The number of hydrogen-bond acceptors (Lipinski definition) is 5. The van der Waals surface area contributed by atoms with E-state index in [9.17, 15) is 4.79 Å². The van der Waals surface area contributed by atoms with E-state index in [1.807, 2.05) is 82.3 Å². The van der Waals surface area contributed by atoms with Gasteiger partial charge in [-0.3, -0.25) is 4.79 Å². The smallest absolute Gasteiger partial charge is 0.251 e. The van der Waals surface area contributed by atoms with Crippen molar-refractivity contribution in [2.45, 2.75) is 73.0 Å². The molecule has 1 aliphatic rings. The number of rotatable bonds is 5. The topological polar surface area (TPSA) is 84.1 Å². The van der Waals surface area contributed by atoms with E-state index in [0.717, 1.165) is 40.6 Å². The number of carbonyl (C=O) groups excluding carboxylic acids is 1. The van der Waals surface area contributed by atoms with Crippen LogP contribution in [-0.2, 0) is 0 Å². The number of aryl methyl sites for hydroxylation is 1. The third-order valence-electron chi connectivity index (χ3n) is 6.74. The van der Waals surface area contributed by atoms with Crippen molar-refractivity contribution in [3.05, 3.63) is 71.7 Å². The largest absolute Gasteiger partial charge is 0.399 e. The first-order chi connectivity index (χ1) is 16.7. The Morgan fingerprint density at radius 1 is 1.00 bits per heavy atom. The Kier molecular flexibility index (Phi) is 8.49. The third kappa shape index (κ3) is 5.99. The molecule has 186 valence electrons. The molecule has 2 heterocycles. The second kappa shape index (κ2) is 11.3. The SMILES string of the molecule is CC.Cc1nc(C(C)NC(=O)c2ccc(-c3ccc(N)cc3)cc2)cc(N2C(C)CC(C)C2C)n1. The summed E-state index contributed by atoms with van der Waals surface area (Å²) in [6.45, 7) is 14.7. The highest BCUT2D eigenvalue weighted by Crippen LogP contribution is 2.33.